The number of hydrogen-bond donors (Lipinski definition) is 0. The first-order chi connectivity index (χ1) is 4.59. The van der Waals surface area contributed by atoms with Crippen molar-refractivity contribution in [3.05, 3.63) is 0 Å². The molecule has 0 aromatic heterocycles. The van der Waals surface area contributed by atoms with Gasteiger partial charge < -0.3 is 4.90 Å². The zero-order valence-corrected chi connectivity index (χ0v) is 8.31. The van der Waals surface area contributed by atoms with Crippen LogP contribution in [0.3, 0.4) is 0 Å². The Morgan fingerprint density at radius 3 is 2.50 bits per heavy atom. The fraction of sp³-hybridized carbons (Fsp3) is 0.857. The predicted molar refractivity (Wildman–Crippen MR) is 46.3 cm³/mol. The molecule has 2 nitrogen and oxygen atoms in total. The van der Waals surface area contributed by atoms with Gasteiger partial charge in [-0.15, -0.1) is 0 Å². The Balaban J connectivity index is 3.71. The molecule has 0 heterocycles. The second kappa shape index (κ2) is 4.72. The molecule has 1 atom stereocenters. The summed E-state index contributed by atoms with van der Waals surface area (Å²) < 4.78 is 0. The average Bonchev–Trinajstić information content (AvgIpc) is 1.87. The molecule has 0 saturated heterocycles. The highest BCUT2D eigenvalue weighted by Gasteiger charge is 2.12. The Labute approximate surface area is 70.7 Å². The number of halogens is 1. The highest BCUT2D eigenvalue weighted by atomic mass is 79.9. The summed E-state index contributed by atoms with van der Waals surface area (Å²) in [6.45, 7) is 4.74. The van der Waals surface area contributed by atoms with Gasteiger partial charge in [-0.2, -0.15) is 0 Å². The van der Waals surface area contributed by atoms with Crippen LogP contribution in [-0.4, -0.2) is 29.2 Å². The second-order valence-corrected chi connectivity index (χ2v) is 3.75. The number of rotatable bonds is 3. The van der Waals surface area contributed by atoms with E-state index in [0.29, 0.717) is 0 Å². The lowest BCUT2D eigenvalue weighted by Gasteiger charge is -2.16. The Bertz CT molecular complexity index is 114. The fourth-order valence-electron chi connectivity index (χ4n) is 0.749. The maximum Gasteiger partial charge on any atom is 0.235 e. The van der Waals surface area contributed by atoms with Crippen molar-refractivity contribution in [2.45, 2.75) is 25.1 Å². The zero-order valence-electron chi connectivity index (χ0n) is 6.72. The van der Waals surface area contributed by atoms with Crippen LogP contribution in [0, 0.1) is 0 Å². The van der Waals surface area contributed by atoms with E-state index in [1.165, 1.54) is 0 Å². The van der Waals surface area contributed by atoms with Crippen molar-refractivity contribution < 1.29 is 4.79 Å². The summed E-state index contributed by atoms with van der Waals surface area (Å²) in [6.07, 6.45) is 1.02. The Kier molecular flexibility index (Phi) is 4.69. The number of nitrogens with zero attached hydrogens (tertiary/aromatic N) is 1. The lowest BCUT2D eigenvalue weighted by Crippen LogP contribution is -2.32. The average molecular weight is 208 g/mol. The molecular weight excluding hydrogens is 194 g/mol. The van der Waals surface area contributed by atoms with Gasteiger partial charge in [0.05, 0.1) is 4.83 Å². The lowest BCUT2D eigenvalue weighted by molar-refractivity contribution is -0.128. The maximum atomic E-state index is 11.1. The summed E-state index contributed by atoms with van der Waals surface area (Å²) in [7, 11) is 1.82. The molecule has 1 unspecified atom stereocenters. The van der Waals surface area contributed by atoms with E-state index in [-0.39, 0.29) is 10.7 Å². The summed E-state index contributed by atoms with van der Waals surface area (Å²) in [5, 5.41) is 0. The number of carbonyl (C=O) groups excluding carboxylic acids is 1. The van der Waals surface area contributed by atoms with Gasteiger partial charge in [0.25, 0.3) is 0 Å². The monoisotopic (exact) mass is 207 g/mol. The van der Waals surface area contributed by atoms with Crippen molar-refractivity contribution in [1.82, 2.24) is 4.90 Å². The maximum absolute atomic E-state index is 11.1. The number of amides is 1. The smallest absolute Gasteiger partial charge is 0.235 e. The highest BCUT2D eigenvalue weighted by Crippen LogP contribution is 2.02. The van der Waals surface area contributed by atoms with Crippen LogP contribution in [0.2, 0.25) is 0 Å². The van der Waals surface area contributed by atoms with Crippen LogP contribution in [0.15, 0.2) is 0 Å². The first kappa shape index (κ1) is 9.95. The van der Waals surface area contributed by atoms with Crippen LogP contribution in [-0.2, 0) is 4.79 Å². The summed E-state index contributed by atoms with van der Waals surface area (Å²) in [4.78, 5) is 12.8. The van der Waals surface area contributed by atoms with Gasteiger partial charge in [-0.1, -0.05) is 22.9 Å². The zero-order chi connectivity index (χ0) is 8.15. The van der Waals surface area contributed by atoms with Crippen molar-refractivity contribution in [2.24, 2.45) is 0 Å². The molecule has 0 N–H and O–H groups in total. The van der Waals surface area contributed by atoms with Crippen LogP contribution in [0.25, 0.3) is 0 Å². The minimum absolute atomic E-state index is 0.0518. The van der Waals surface area contributed by atoms with E-state index in [0.717, 1.165) is 13.0 Å². The lowest BCUT2D eigenvalue weighted by atomic mass is 10.4. The van der Waals surface area contributed by atoms with Crippen molar-refractivity contribution >= 4 is 21.8 Å². The summed E-state index contributed by atoms with van der Waals surface area (Å²) in [5.74, 6) is 0.154. The molecule has 0 aliphatic carbocycles. The number of alkyl halides is 1. The highest BCUT2D eigenvalue weighted by molar-refractivity contribution is 9.10. The summed E-state index contributed by atoms with van der Waals surface area (Å²) in [6, 6.07) is 0. The summed E-state index contributed by atoms with van der Waals surface area (Å²) >= 11 is 3.22. The van der Waals surface area contributed by atoms with Gasteiger partial charge in [-0.3, -0.25) is 4.79 Å². The third-order valence-electron chi connectivity index (χ3n) is 1.28. The van der Waals surface area contributed by atoms with Crippen molar-refractivity contribution in [3.8, 4) is 0 Å². The fourth-order valence-corrected chi connectivity index (χ4v) is 1.10. The minimum Gasteiger partial charge on any atom is -0.345 e. The Morgan fingerprint density at radius 2 is 2.20 bits per heavy atom. The van der Waals surface area contributed by atoms with E-state index in [1.807, 2.05) is 14.0 Å². The molecule has 60 valence electrons. The molecule has 0 aromatic rings. The van der Waals surface area contributed by atoms with Crippen LogP contribution in [0.5, 0.6) is 0 Å². The first-order valence-electron chi connectivity index (χ1n) is 3.48. The van der Waals surface area contributed by atoms with E-state index in [4.69, 9.17) is 0 Å². The molecule has 0 spiro atoms. The molecule has 1 amide bonds. The molecule has 0 fully saturated rings. The van der Waals surface area contributed by atoms with Crippen LogP contribution < -0.4 is 0 Å². The first-order valence-corrected chi connectivity index (χ1v) is 4.40. The molecule has 0 rings (SSSR count). The van der Waals surface area contributed by atoms with E-state index in [1.54, 1.807) is 4.90 Å². The van der Waals surface area contributed by atoms with Gasteiger partial charge in [0.1, 0.15) is 0 Å². The van der Waals surface area contributed by atoms with E-state index in [9.17, 15) is 4.79 Å². The van der Waals surface area contributed by atoms with E-state index in [2.05, 4.69) is 22.9 Å². The third kappa shape index (κ3) is 3.20. The summed E-state index contributed by atoms with van der Waals surface area (Å²) in [5.41, 5.74) is 0. The third-order valence-corrected chi connectivity index (χ3v) is 1.67. The number of hydrogen-bond acceptors (Lipinski definition) is 1. The van der Waals surface area contributed by atoms with Crippen LogP contribution >= 0.6 is 15.9 Å². The van der Waals surface area contributed by atoms with Gasteiger partial charge in [0.2, 0.25) is 5.91 Å². The van der Waals surface area contributed by atoms with Crippen molar-refractivity contribution in [3.63, 3.8) is 0 Å². The van der Waals surface area contributed by atoms with Gasteiger partial charge in [0, 0.05) is 13.6 Å². The van der Waals surface area contributed by atoms with Crippen molar-refractivity contribution in [1.29, 1.82) is 0 Å². The molecule has 3 heteroatoms. The second-order valence-electron chi connectivity index (χ2n) is 2.38. The molecule has 0 aromatic carbocycles. The Morgan fingerprint density at radius 1 is 1.70 bits per heavy atom. The van der Waals surface area contributed by atoms with E-state index < -0.39 is 0 Å². The largest absolute Gasteiger partial charge is 0.345 e. The minimum atomic E-state index is -0.0518. The molecule has 0 radical (unpaired) electrons. The quantitative estimate of drug-likeness (QED) is 0.645. The van der Waals surface area contributed by atoms with E-state index >= 15 is 0 Å². The molecule has 10 heavy (non-hydrogen) atoms. The van der Waals surface area contributed by atoms with Crippen LogP contribution in [0.4, 0.5) is 0 Å². The molecule has 0 bridgehead atoms. The van der Waals surface area contributed by atoms with Crippen LogP contribution in [0.1, 0.15) is 20.3 Å². The normalized spacial score (nSPS) is 12.8. The van der Waals surface area contributed by atoms with Gasteiger partial charge in [-0.25, -0.2) is 0 Å². The SMILES string of the molecule is CCCN(C)C(=O)C(C)Br. The van der Waals surface area contributed by atoms with Gasteiger partial charge in [-0.05, 0) is 13.3 Å². The standard InChI is InChI=1S/C7H14BrNO/c1-4-5-9(3)7(10)6(2)8/h6H,4-5H2,1-3H3. The van der Waals surface area contributed by atoms with Gasteiger partial charge >= 0.3 is 0 Å². The molecule has 0 saturated carbocycles. The predicted octanol–water partition coefficient (Wildman–Crippen LogP) is 1.64. The molecule has 0 aliphatic heterocycles. The molecule has 0 aliphatic rings. The van der Waals surface area contributed by atoms with Crippen molar-refractivity contribution in [2.75, 3.05) is 13.6 Å². The topological polar surface area (TPSA) is 20.3 Å². The molecular formula is C7H14BrNO. The number of carbonyl (C=O) groups is 1. The Hall–Kier alpha value is -0.0500. The van der Waals surface area contributed by atoms with Gasteiger partial charge in [0.15, 0.2) is 0 Å².